The third kappa shape index (κ3) is 7.59. The van der Waals surface area contributed by atoms with E-state index < -0.39 is 90.1 Å². The van der Waals surface area contributed by atoms with Gasteiger partial charge in [0.15, 0.2) is 29.9 Å². The molecule has 54 heavy (non-hydrogen) atoms. The van der Waals surface area contributed by atoms with Gasteiger partial charge in [0.2, 0.25) is 11.2 Å². The summed E-state index contributed by atoms with van der Waals surface area (Å²) < 4.78 is 85.2. The van der Waals surface area contributed by atoms with Crippen LogP contribution in [0.4, 0.5) is 20.4 Å². The number of hydrogen-bond donors (Lipinski definition) is 9. The number of rotatable bonds is 10. The molecule has 0 radical (unpaired) electrons. The Labute approximate surface area is 300 Å². The number of fused-ring (bicyclic) bond motifs is 2. The summed E-state index contributed by atoms with van der Waals surface area (Å²) >= 11 is 0. The fourth-order valence-electron chi connectivity index (χ4n) is 5.66. The molecular formula is C25H29F2N10O14P3. The largest absolute Gasteiger partial charge is 0.479 e. The average molecular weight is 824 g/mol. The number of nitrogens with two attached hydrogens (primary N) is 2. The summed E-state index contributed by atoms with van der Waals surface area (Å²) in [4.78, 5) is 44.0. The van der Waals surface area contributed by atoms with E-state index in [1.165, 1.54) is 35.1 Å². The summed E-state index contributed by atoms with van der Waals surface area (Å²) in [6.07, 6.45) is -8.89. The molecule has 4 aromatic rings. The number of nitriles is 2. The van der Waals surface area contributed by atoms with Crippen molar-refractivity contribution in [2.45, 2.75) is 48.0 Å². The summed E-state index contributed by atoms with van der Waals surface area (Å²) in [5, 5.41) is 56.0. The molecule has 29 heteroatoms. The smallest absolute Gasteiger partial charge is 0.394 e. The van der Waals surface area contributed by atoms with Crippen LogP contribution in [0.1, 0.15) is 11.4 Å². The van der Waals surface area contributed by atoms with Crippen LogP contribution >= 0.6 is 23.0 Å². The van der Waals surface area contributed by atoms with E-state index in [0.717, 1.165) is 10.8 Å². The number of aromatic nitrogens is 6. The monoisotopic (exact) mass is 824 g/mol. The minimum Gasteiger partial charge on any atom is -0.394 e. The molecule has 11 N–H and O–H groups in total. The van der Waals surface area contributed by atoms with Crippen molar-refractivity contribution in [1.82, 2.24) is 29.2 Å². The molecule has 0 amide bonds. The van der Waals surface area contributed by atoms with E-state index in [4.69, 9.17) is 35.8 Å². The molecule has 2 saturated heterocycles. The van der Waals surface area contributed by atoms with Gasteiger partial charge in [0, 0.05) is 0 Å². The normalized spacial score (nSPS) is 30.6. The third-order valence-corrected chi connectivity index (χ3v) is 13.3. The van der Waals surface area contributed by atoms with E-state index in [0.29, 0.717) is 5.52 Å². The Morgan fingerprint density at radius 3 is 1.69 bits per heavy atom. The highest BCUT2D eigenvalue weighted by Crippen LogP contribution is 2.65. The maximum atomic E-state index is 15.1. The van der Waals surface area contributed by atoms with Crippen molar-refractivity contribution in [2.24, 2.45) is 0 Å². The van der Waals surface area contributed by atoms with Crippen LogP contribution in [0.15, 0.2) is 36.9 Å². The molecule has 4 aromatic heterocycles. The van der Waals surface area contributed by atoms with Crippen LogP contribution in [0.5, 0.6) is 0 Å². The molecule has 6 heterocycles. The first-order valence-corrected chi connectivity index (χ1v) is 19.9. The summed E-state index contributed by atoms with van der Waals surface area (Å²) in [6, 6.07) is 8.91. The fraction of sp³-hybridized carbons (Fsp3) is 0.440. The van der Waals surface area contributed by atoms with Gasteiger partial charge in [-0.15, -0.1) is 0 Å². The van der Waals surface area contributed by atoms with Crippen molar-refractivity contribution in [3.05, 3.63) is 48.3 Å². The second-order valence-electron chi connectivity index (χ2n) is 11.6. The van der Waals surface area contributed by atoms with Crippen LogP contribution in [-0.4, -0.2) is 120 Å². The molecule has 0 aliphatic carbocycles. The van der Waals surface area contributed by atoms with Gasteiger partial charge in [-0.3, -0.25) is 13.7 Å². The second-order valence-corrected chi connectivity index (χ2v) is 17.2. The van der Waals surface area contributed by atoms with Gasteiger partial charge in [-0.25, -0.2) is 36.7 Å². The predicted octanol–water partition coefficient (Wildman–Crippen LogP) is -1.30. The lowest BCUT2D eigenvalue weighted by molar-refractivity contribution is -0.0566. The van der Waals surface area contributed by atoms with Crippen molar-refractivity contribution < 1.29 is 75.7 Å². The molecule has 0 aromatic carbocycles. The first-order valence-electron chi connectivity index (χ1n) is 14.8. The highest BCUT2D eigenvalue weighted by Gasteiger charge is 2.60. The number of phosphoric acid groups is 1. The minimum absolute atomic E-state index is 0.000262. The van der Waals surface area contributed by atoms with Crippen molar-refractivity contribution in [3.8, 4) is 12.1 Å². The zero-order chi connectivity index (χ0) is 40.0. The first-order chi connectivity index (χ1) is 25.2. The average Bonchev–Trinajstić information content (AvgIpc) is 3.84. The molecule has 0 spiro atoms. The number of ether oxygens (including phenoxy) is 2. The Kier molecular flexibility index (Phi) is 11.3. The predicted molar refractivity (Wildman–Crippen MR) is 172 cm³/mol. The summed E-state index contributed by atoms with van der Waals surface area (Å²) in [7, 11) is -15.8. The molecular weight excluding hydrogens is 795 g/mol. The van der Waals surface area contributed by atoms with E-state index in [1.54, 1.807) is 12.1 Å². The lowest BCUT2D eigenvalue weighted by Crippen LogP contribution is -2.37. The number of nitrogen functional groups attached to an aromatic ring is 2. The van der Waals surface area contributed by atoms with Gasteiger partial charge in [0.05, 0.1) is 24.6 Å². The number of nitrogens with zero attached hydrogens (tertiary/aromatic N) is 8. The zero-order valence-corrected chi connectivity index (χ0v) is 29.6. The van der Waals surface area contributed by atoms with Crippen molar-refractivity contribution in [1.29, 1.82) is 10.5 Å². The van der Waals surface area contributed by atoms with Crippen LogP contribution in [0.25, 0.3) is 11.0 Å². The summed E-state index contributed by atoms with van der Waals surface area (Å²) in [6.45, 7) is -1.72. The topological polar surface area (TPSA) is 390 Å². The van der Waals surface area contributed by atoms with Crippen LogP contribution in [-0.2, 0) is 43.2 Å². The lowest BCUT2D eigenvalue weighted by Gasteiger charge is -2.23. The quantitative estimate of drug-likeness (QED) is 0.0839. The van der Waals surface area contributed by atoms with Crippen molar-refractivity contribution >= 4 is 45.7 Å². The Hall–Kier alpha value is -4.07. The standard InChI is InChI=1S/C13H17FN5O11P3.C12H12FN5O3/c14-11-10(20)8(3-28-33(26,27)30-32(24,25)6-31(21,22)23)29-13(11,4-15)9-2-1-7-12(16)17-5-18-19(7)9;13-10-9(20)7(3-19)21-12(10,4-14)8-2-1-6-11(15)16-5-17-18(6)8/h1-2,5,8,10-11,20H,3,6H2,(H,24,25)(H,26,27)(H2,16,17,18)(H2,21,22,23);1-2,5,7,9-10,19-20H,3H2,(H2,15,16,17)/t8-,10-,11-,13+;7-,9-,10-,12+/m11/s1. The number of halogens is 2. The van der Waals surface area contributed by atoms with E-state index in [-0.39, 0.29) is 28.5 Å². The van der Waals surface area contributed by atoms with Gasteiger partial charge >= 0.3 is 23.0 Å². The molecule has 24 nitrogen and oxygen atoms in total. The second kappa shape index (κ2) is 14.9. The number of phosphoric ester groups is 1. The molecule has 2 aliphatic rings. The molecule has 6 rings (SSSR count). The molecule has 0 saturated carbocycles. The maximum absolute atomic E-state index is 15.1. The number of hydrogen-bond acceptors (Lipinski definition) is 18. The molecule has 292 valence electrons. The van der Waals surface area contributed by atoms with Gasteiger partial charge in [-0.1, -0.05) is 0 Å². The fourth-order valence-corrected chi connectivity index (χ4v) is 10.0. The van der Waals surface area contributed by atoms with Gasteiger partial charge in [-0.05, 0) is 24.3 Å². The Bertz CT molecular complexity index is 2280. The molecule has 2 unspecified atom stereocenters. The van der Waals surface area contributed by atoms with Gasteiger partial charge in [0.1, 0.15) is 60.2 Å². The number of aliphatic hydroxyl groups is 3. The van der Waals surface area contributed by atoms with E-state index in [2.05, 4.69) is 29.0 Å². The molecule has 0 bridgehead atoms. The van der Waals surface area contributed by atoms with Crippen molar-refractivity contribution in [2.75, 3.05) is 30.6 Å². The van der Waals surface area contributed by atoms with E-state index >= 15 is 4.39 Å². The van der Waals surface area contributed by atoms with Gasteiger partial charge in [0.25, 0.3) is 0 Å². The van der Waals surface area contributed by atoms with Gasteiger partial charge < -0.3 is 55.8 Å². The molecule has 2 fully saturated rings. The number of anilines is 2. The van der Waals surface area contributed by atoms with Crippen LogP contribution in [0.2, 0.25) is 0 Å². The Morgan fingerprint density at radius 1 is 0.833 bits per heavy atom. The third-order valence-electron chi connectivity index (χ3n) is 8.05. The molecule has 2 aliphatic heterocycles. The highest BCUT2D eigenvalue weighted by atomic mass is 31.3. The number of aliphatic hydroxyl groups excluding tert-OH is 3. The molecule has 10 atom stereocenters. The SMILES string of the molecule is N#C[C@@]1(c2ccc3c(N)ncnn23)O[C@H](CO)[C@@H](O)[C@H]1F.N#C[C@@]1(c2ccc3c(N)ncnn23)O[C@H](COP(=O)(O)OP(=O)(O)CP(=O)(O)O)[C@@H](O)[C@H]1F. The first kappa shape index (κ1) is 41.1. The van der Waals surface area contributed by atoms with Crippen LogP contribution in [0.3, 0.4) is 0 Å². The van der Waals surface area contributed by atoms with E-state index in [1.807, 2.05) is 0 Å². The zero-order valence-electron chi connectivity index (χ0n) is 26.9. The van der Waals surface area contributed by atoms with E-state index in [9.17, 15) is 48.6 Å². The maximum Gasteiger partial charge on any atom is 0.479 e. The minimum atomic E-state index is -5.45. The highest BCUT2D eigenvalue weighted by molar-refractivity contribution is 7.73. The lowest BCUT2D eigenvalue weighted by atomic mass is 9.94. The number of alkyl halides is 2. The van der Waals surface area contributed by atoms with Crippen molar-refractivity contribution in [3.63, 3.8) is 0 Å². The summed E-state index contributed by atoms with van der Waals surface area (Å²) in [5.41, 5.74) is 7.34. The van der Waals surface area contributed by atoms with Gasteiger partial charge in [-0.2, -0.15) is 20.7 Å². The van der Waals surface area contributed by atoms with Crippen LogP contribution < -0.4 is 11.5 Å². The Balaban J connectivity index is 0.000000228. The van der Waals surface area contributed by atoms with Crippen LogP contribution in [0, 0.1) is 22.7 Å². The Morgan fingerprint density at radius 2 is 1.28 bits per heavy atom. The summed E-state index contributed by atoms with van der Waals surface area (Å²) in [5.74, 6) is -1.61.